The summed E-state index contributed by atoms with van der Waals surface area (Å²) in [7, 11) is 0. The summed E-state index contributed by atoms with van der Waals surface area (Å²) in [6.45, 7) is 0.999. The van der Waals surface area contributed by atoms with Crippen molar-refractivity contribution in [1.82, 2.24) is 15.1 Å². The van der Waals surface area contributed by atoms with Crippen LogP contribution in [0.15, 0.2) is 0 Å². The van der Waals surface area contributed by atoms with Gasteiger partial charge in [0.1, 0.15) is 6.04 Å². The second-order valence-electron chi connectivity index (χ2n) is 4.77. The molecule has 8 nitrogen and oxygen atoms in total. The molecule has 3 N–H and O–H groups in total. The number of nitrogens with one attached hydrogen (secondary N) is 1. The Hall–Kier alpha value is -1.83. The van der Waals surface area contributed by atoms with Crippen molar-refractivity contribution in [1.29, 1.82) is 0 Å². The summed E-state index contributed by atoms with van der Waals surface area (Å²) in [4.78, 5) is 37.2. The number of carbonyl (C=O) groups excluding carboxylic acids is 2. The molecule has 0 bridgehead atoms. The number of likely N-dealkylation sites (tertiary alicyclic amines) is 1. The molecule has 2 rings (SSSR count). The third-order valence-electron chi connectivity index (χ3n) is 3.39. The molecule has 2 atom stereocenters. The minimum atomic E-state index is -1.12. The third kappa shape index (κ3) is 2.95. The molecule has 0 aromatic heterocycles. The fourth-order valence-corrected chi connectivity index (χ4v) is 2.40. The standard InChI is InChI=1S/C11H17N3O5/c15-7-5-8(10(17)18)14(6-7)11(19)13-3-1-9(16)12-2-4-13/h7-8,15H,1-6H2,(H,12,16)(H,17,18). The topological polar surface area (TPSA) is 110 Å². The van der Waals surface area contributed by atoms with Crippen LogP contribution in [0.1, 0.15) is 12.8 Å². The number of carboxylic acid groups (broad SMARTS) is 1. The highest BCUT2D eigenvalue weighted by Crippen LogP contribution is 2.20. The van der Waals surface area contributed by atoms with Crippen molar-refractivity contribution in [3.63, 3.8) is 0 Å². The van der Waals surface area contributed by atoms with Crippen LogP contribution in [0.5, 0.6) is 0 Å². The maximum Gasteiger partial charge on any atom is 0.326 e. The number of aliphatic carboxylic acids is 1. The molecule has 2 aliphatic heterocycles. The number of urea groups is 1. The highest BCUT2D eigenvalue weighted by molar-refractivity contribution is 5.84. The van der Waals surface area contributed by atoms with Crippen molar-refractivity contribution in [2.75, 3.05) is 26.2 Å². The van der Waals surface area contributed by atoms with Gasteiger partial charge in [-0.1, -0.05) is 0 Å². The average molecular weight is 271 g/mol. The molecule has 2 fully saturated rings. The fraction of sp³-hybridized carbons (Fsp3) is 0.727. The Balaban J connectivity index is 2.05. The van der Waals surface area contributed by atoms with Crippen molar-refractivity contribution in [2.45, 2.75) is 25.0 Å². The van der Waals surface area contributed by atoms with Crippen LogP contribution in [0.4, 0.5) is 4.79 Å². The zero-order chi connectivity index (χ0) is 14.0. The molecule has 0 spiro atoms. The predicted octanol–water partition coefficient (Wildman–Crippen LogP) is -1.55. The second-order valence-corrected chi connectivity index (χ2v) is 4.77. The van der Waals surface area contributed by atoms with Gasteiger partial charge in [0.15, 0.2) is 0 Å². The van der Waals surface area contributed by atoms with E-state index in [4.69, 9.17) is 5.11 Å². The number of amides is 3. The van der Waals surface area contributed by atoms with Crippen LogP contribution in [-0.2, 0) is 9.59 Å². The lowest BCUT2D eigenvalue weighted by Gasteiger charge is -2.28. The van der Waals surface area contributed by atoms with Crippen LogP contribution >= 0.6 is 0 Å². The smallest absolute Gasteiger partial charge is 0.326 e. The van der Waals surface area contributed by atoms with Crippen molar-refractivity contribution < 1.29 is 24.6 Å². The van der Waals surface area contributed by atoms with E-state index >= 15 is 0 Å². The van der Waals surface area contributed by atoms with E-state index < -0.39 is 24.1 Å². The lowest BCUT2D eigenvalue weighted by Crippen LogP contribution is -2.49. The van der Waals surface area contributed by atoms with Crippen LogP contribution in [-0.4, -0.2) is 76.2 Å². The highest BCUT2D eigenvalue weighted by Gasteiger charge is 2.40. The number of hydrogen-bond donors (Lipinski definition) is 3. The Morgan fingerprint density at radius 1 is 1.32 bits per heavy atom. The summed E-state index contributed by atoms with van der Waals surface area (Å²) in [5.74, 6) is -1.24. The second kappa shape index (κ2) is 5.43. The van der Waals surface area contributed by atoms with Crippen LogP contribution in [0.2, 0.25) is 0 Å². The zero-order valence-corrected chi connectivity index (χ0v) is 10.4. The van der Waals surface area contributed by atoms with Gasteiger partial charge in [0.05, 0.1) is 6.10 Å². The van der Waals surface area contributed by atoms with Gasteiger partial charge < -0.3 is 25.3 Å². The summed E-state index contributed by atoms with van der Waals surface area (Å²) in [5.41, 5.74) is 0. The first kappa shape index (κ1) is 13.6. The van der Waals surface area contributed by atoms with Gasteiger partial charge >= 0.3 is 12.0 Å². The molecule has 2 unspecified atom stereocenters. The maximum atomic E-state index is 12.3. The molecule has 2 saturated heterocycles. The number of rotatable bonds is 1. The lowest BCUT2D eigenvalue weighted by molar-refractivity contribution is -0.141. The van der Waals surface area contributed by atoms with Gasteiger partial charge in [-0.05, 0) is 0 Å². The number of aliphatic hydroxyl groups excluding tert-OH is 1. The molecule has 106 valence electrons. The van der Waals surface area contributed by atoms with Crippen molar-refractivity contribution in [3.05, 3.63) is 0 Å². The number of nitrogens with zero attached hydrogens (tertiary/aromatic N) is 2. The van der Waals surface area contributed by atoms with E-state index in [1.165, 1.54) is 9.80 Å². The van der Waals surface area contributed by atoms with E-state index in [2.05, 4.69) is 5.32 Å². The number of β-amino-alcohol motifs (C(OH)–C–C–N with tert-alkyl or cyclic N) is 1. The predicted molar refractivity (Wildman–Crippen MR) is 63.3 cm³/mol. The first-order valence-electron chi connectivity index (χ1n) is 6.22. The Bertz CT molecular complexity index is 400. The maximum absolute atomic E-state index is 12.3. The summed E-state index contributed by atoms with van der Waals surface area (Å²) in [6.07, 6.45) is -0.553. The van der Waals surface area contributed by atoms with E-state index in [9.17, 15) is 19.5 Å². The molecule has 19 heavy (non-hydrogen) atoms. The molecular formula is C11H17N3O5. The van der Waals surface area contributed by atoms with Gasteiger partial charge in [0.2, 0.25) is 5.91 Å². The summed E-state index contributed by atoms with van der Waals surface area (Å²) >= 11 is 0. The molecule has 0 aromatic carbocycles. The van der Waals surface area contributed by atoms with Gasteiger partial charge in [-0.3, -0.25) is 4.79 Å². The van der Waals surface area contributed by atoms with Crippen molar-refractivity contribution in [2.24, 2.45) is 0 Å². The van der Waals surface area contributed by atoms with Crippen molar-refractivity contribution in [3.8, 4) is 0 Å². The van der Waals surface area contributed by atoms with Crippen LogP contribution in [0, 0.1) is 0 Å². The minimum Gasteiger partial charge on any atom is -0.480 e. The van der Waals surface area contributed by atoms with Gasteiger partial charge in [-0.2, -0.15) is 0 Å². The highest BCUT2D eigenvalue weighted by atomic mass is 16.4. The van der Waals surface area contributed by atoms with Crippen LogP contribution < -0.4 is 5.32 Å². The Kier molecular flexibility index (Phi) is 3.89. The quantitative estimate of drug-likeness (QED) is 0.534. The van der Waals surface area contributed by atoms with E-state index in [0.717, 1.165) is 0 Å². The molecule has 3 amide bonds. The zero-order valence-electron chi connectivity index (χ0n) is 10.4. The lowest BCUT2D eigenvalue weighted by atomic mass is 10.2. The molecule has 0 aromatic rings. The average Bonchev–Trinajstić information content (AvgIpc) is 2.61. The molecule has 2 aliphatic rings. The normalized spacial score (nSPS) is 27.9. The van der Waals surface area contributed by atoms with Crippen molar-refractivity contribution >= 4 is 17.9 Å². The Morgan fingerprint density at radius 3 is 2.74 bits per heavy atom. The van der Waals surface area contributed by atoms with Gasteiger partial charge in [0, 0.05) is 39.0 Å². The summed E-state index contributed by atoms with van der Waals surface area (Å²) in [6, 6.07) is -1.42. The SMILES string of the molecule is O=C1CCN(C(=O)N2CC(O)CC2C(=O)O)CCN1. The van der Waals surface area contributed by atoms with Gasteiger partial charge in [-0.25, -0.2) is 9.59 Å². The number of hydrogen-bond acceptors (Lipinski definition) is 4. The molecule has 0 saturated carbocycles. The van der Waals surface area contributed by atoms with Crippen LogP contribution in [0.3, 0.4) is 0 Å². The minimum absolute atomic E-state index is 0.0215. The van der Waals surface area contributed by atoms with E-state index in [1.807, 2.05) is 0 Å². The Labute approximate surface area is 110 Å². The van der Waals surface area contributed by atoms with E-state index in [0.29, 0.717) is 13.1 Å². The first-order chi connectivity index (χ1) is 8.99. The van der Waals surface area contributed by atoms with Gasteiger partial charge in [0.25, 0.3) is 0 Å². The van der Waals surface area contributed by atoms with E-state index in [-0.39, 0.29) is 31.8 Å². The Morgan fingerprint density at radius 2 is 2.05 bits per heavy atom. The third-order valence-corrected chi connectivity index (χ3v) is 3.39. The van der Waals surface area contributed by atoms with Gasteiger partial charge in [-0.15, -0.1) is 0 Å². The van der Waals surface area contributed by atoms with Crippen LogP contribution in [0.25, 0.3) is 0 Å². The fourth-order valence-electron chi connectivity index (χ4n) is 2.40. The van der Waals surface area contributed by atoms with E-state index in [1.54, 1.807) is 0 Å². The molecule has 2 heterocycles. The molecular weight excluding hydrogens is 254 g/mol. The number of carboxylic acids is 1. The first-order valence-corrected chi connectivity index (χ1v) is 6.22. The summed E-state index contributed by atoms with van der Waals surface area (Å²) in [5, 5.41) is 21.2. The number of carbonyl (C=O) groups is 3. The largest absolute Gasteiger partial charge is 0.480 e. The number of aliphatic hydroxyl groups is 1. The monoisotopic (exact) mass is 271 g/mol. The summed E-state index contributed by atoms with van der Waals surface area (Å²) < 4.78 is 0. The molecule has 8 heteroatoms. The molecule has 0 aliphatic carbocycles. The molecule has 0 radical (unpaired) electrons.